The molecule has 0 aromatic heterocycles. The van der Waals surface area contributed by atoms with Gasteiger partial charge in [-0.25, -0.2) is 4.79 Å². The Kier molecular flexibility index (Phi) is 6.17. The Bertz CT molecular complexity index is 920. The van der Waals surface area contributed by atoms with E-state index >= 15 is 0 Å². The molecule has 7 nitrogen and oxygen atoms in total. The van der Waals surface area contributed by atoms with E-state index in [4.69, 9.17) is 14.2 Å². The standard InChI is InChI=1S/C23H24N2O5/c26-22(25-12-10-24(11-13-25)19-4-2-1-3-5-19)17-30-23(27)9-7-18-6-8-20-21(16-18)29-15-14-28-20/h1-9,16H,10-15,17H2/b9-7+. The third-order valence-electron chi connectivity index (χ3n) is 5.07. The van der Waals surface area contributed by atoms with Crippen molar-refractivity contribution in [3.63, 3.8) is 0 Å². The summed E-state index contributed by atoms with van der Waals surface area (Å²) in [5, 5.41) is 0. The molecule has 0 unspecified atom stereocenters. The molecule has 2 aromatic carbocycles. The minimum atomic E-state index is -0.554. The van der Waals surface area contributed by atoms with Crippen LogP contribution in [0.4, 0.5) is 5.69 Å². The van der Waals surface area contributed by atoms with Gasteiger partial charge in [-0.15, -0.1) is 0 Å². The first-order chi connectivity index (χ1) is 14.7. The fourth-order valence-electron chi connectivity index (χ4n) is 3.45. The molecule has 2 aromatic rings. The maximum Gasteiger partial charge on any atom is 0.331 e. The predicted octanol–water partition coefficient (Wildman–Crippen LogP) is 2.36. The van der Waals surface area contributed by atoms with Crippen molar-refractivity contribution in [2.45, 2.75) is 0 Å². The number of piperazine rings is 1. The highest BCUT2D eigenvalue weighted by atomic mass is 16.6. The van der Waals surface area contributed by atoms with Gasteiger partial charge in [0.2, 0.25) is 0 Å². The summed E-state index contributed by atoms with van der Waals surface area (Å²) in [5.74, 6) is 0.616. The summed E-state index contributed by atoms with van der Waals surface area (Å²) in [6, 6.07) is 15.6. The normalized spacial score (nSPS) is 15.9. The number of hydrogen-bond acceptors (Lipinski definition) is 6. The molecule has 0 bridgehead atoms. The molecule has 2 aliphatic heterocycles. The van der Waals surface area contributed by atoms with Gasteiger partial charge in [-0.05, 0) is 35.9 Å². The van der Waals surface area contributed by atoms with Crippen LogP contribution in [-0.2, 0) is 14.3 Å². The van der Waals surface area contributed by atoms with Gasteiger partial charge in [0.05, 0.1) is 0 Å². The van der Waals surface area contributed by atoms with Crippen LogP contribution in [0, 0.1) is 0 Å². The summed E-state index contributed by atoms with van der Waals surface area (Å²) in [4.78, 5) is 28.3. The molecule has 156 valence electrons. The van der Waals surface area contributed by atoms with E-state index in [9.17, 15) is 9.59 Å². The number of amides is 1. The fourth-order valence-corrected chi connectivity index (χ4v) is 3.45. The highest BCUT2D eigenvalue weighted by molar-refractivity contribution is 5.89. The van der Waals surface area contributed by atoms with Crippen molar-refractivity contribution >= 4 is 23.6 Å². The van der Waals surface area contributed by atoms with E-state index in [1.54, 1.807) is 23.1 Å². The van der Waals surface area contributed by atoms with E-state index in [1.165, 1.54) is 6.08 Å². The minimum Gasteiger partial charge on any atom is -0.486 e. The first kappa shape index (κ1) is 19.8. The number of nitrogens with zero attached hydrogens (tertiary/aromatic N) is 2. The number of carbonyl (C=O) groups excluding carboxylic acids is 2. The van der Waals surface area contributed by atoms with Gasteiger partial charge in [-0.2, -0.15) is 0 Å². The zero-order valence-corrected chi connectivity index (χ0v) is 16.7. The molecule has 30 heavy (non-hydrogen) atoms. The molecule has 0 radical (unpaired) electrons. The lowest BCUT2D eigenvalue weighted by molar-refractivity contribution is -0.148. The number of carbonyl (C=O) groups is 2. The smallest absolute Gasteiger partial charge is 0.331 e. The third kappa shape index (κ3) is 4.92. The van der Waals surface area contributed by atoms with E-state index in [0.717, 1.165) is 24.3 Å². The van der Waals surface area contributed by atoms with Crippen molar-refractivity contribution in [1.29, 1.82) is 0 Å². The summed E-state index contributed by atoms with van der Waals surface area (Å²) in [5.41, 5.74) is 1.94. The highest BCUT2D eigenvalue weighted by Gasteiger charge is 2.21. The van der Waals surface area contributed by atoms with Crippen LogP contribution in [0.15, 0.2) is 54.6 Å². The van der Waals surface area contributed by atoms with Gasteiger partial charge in [0, 0.05) is 37.9 Å². The number of benzene rings is 2. The van der Waals surface area contributed by atoms with Crippen molar-refractivity contribution in [2.75, 3.05) is 50.9 Å². The van der Waals surface area contributed by atoms with Crippen LogP contribution in [0.2, 0.25) is 0 Å². The van der Waals surface area contributed by atoms with Crippen LogP contribution in [0.1, 0.15) is 5.56 Å². The number of anilines is 1. The lowest BCUT2D eigenvalue weighted by Gasteiger charge is -2.36. The number of ether oxygens (including phenoxy) is 3. The molecule has 0 atom stereocenters. The van der Waals surface area contributed by atoms with Crippen LogP contribution < -0.4 is 14.4 Å². The van der Waals surface area contributed by atoms with Crippen LogP contribution in [0.25, 0.3) is 6.08 Å². The topological polar surface area (TPSA) is 68.3 Å². The molecule has 1 fully saturated rings. The van der Waals surface area contributed by atoms with E-state index in [2.05, 4.69) is 17.0 Å². The van der Waals surface area contributed by atoms with Gasteiger partial charge < -0.3 is 24.0 Å². The van der Waals surface area contributed by atoms with E-state index in [0.29, 0.717) is 37.8 Å². The van der Waals surface area contributed by atoms with E-state index < -0.39 is 5.97 Å². The molecule has 0 N–H and O–H groups in total. The van der Waals surface area contributed by atoms with Gasteiger partial charge in [-0.3, -0.25) is 4.79 Å². The highest BCUT2D eigenvalue weighted by Crippen LogP contribution is 2.31. The predicted molar refractivity (Wildman–Crippen MR) is 113 cm³/mol. The number of hydrogen-bond donors (Lipinski definition) is 0. The van der Waals surface area contributed by atoms with Crippen LogP contribution in [-0.4, -0.2) is 62.8 Å². The minimum absolute atomic E-state index is 0.177. The number of rotatable bonds is 5. The maximum absolute atomic E-state index is 12.4. The van der Waals surface area contributed by atoms with Crippen LogP contribution >= 0.6 is 0 Å². The van der Waals surface area contributed by atoms with Crippen LogP contribution in [0.5, 0.6) is 11.5 Å². The van der Waals surface area contributed by atoms with Crippen molar-refractivity contribution in [1.82, 2.24) is 4.90 Å². The SMILES string of the molecule is O=C(/C=C/c1ccc2c(c1)OCCO2)OCC(=O)N1CCN(c2ccccc2)CC1. The molecule has 7 heteroatoms. The largest absolute Gasteiger partial charge is 0.486 e. The monoisotopic (exact) mass is 408 g/mol. The van der Waals surface area contributed by atoms with Crippen molar-refractivity contribution in [3.05, 3.63) is 60.2 Å². The summed E-state index contributed by atoms with van der Waals surface area (Å²) in [6.45, 7) is 3.52. The number of fused-ring (bicyclic) bond motifs is 1. The Balaban J connectivity index is 1.22. The lowest BCUT2D eigenvalue weighted by Crippen LogP contribution is -2.49. The summed E-state index contributed by atoms with van der Waals surface area (Å²) < 4.78 is 16.1. The van der Waals surface area contributed by atoms with Gasteiger partial charge >= 0.3 is 5.97 Å². The molecule has 2 aliphatic rings. The molecule has 0 aliphatic carbocycles. The van der Waals surface area contributed by atoms with Crippen LogP contribution in [0.3, 0.4) is 0 Å². The zero-order valence-electron chi connectivity index (χ0n) is 16.7. The molecule has 0 saturated carbocycles. The number of para-hydroxylation sites is 1. The average Bonchev–Trinajstić information content (AvgIpc) is 2.81. The molecule has 4 rings (SSSR count). The van der Waals surface area contributed by atoms with Gasteiger partial charge in [0.25, 0.3) is 5.91 Å². The second-order valence-electron chi connectivity index (χ2n) is 7.05. The second kappa shape index (κ2) is 9.35. The molecular weight excluding hydrogens is 384 g/mol. The van der Waals surface area contributed by atoms with E-state index in [1.807, 2.05) is 24.3 Å². The number of esters is 1. The summed E-state index contributed by atoms with van der Waals surface area (Å²) in [7, 11) is 0. The Morgan fingerprint density at radius 2 is 1.67 bits per heavy atom. The Morgan fingerprint density at radius 3 is 2.43 bits per heavy atom. The summed E-state index contributed by atoms with van der Waals surface area (Å²) >= 11 is 0. The third-order valence-corrected chi connectivity index (χ3v) is 5.07. The van der Waals surface area contributed by atoms with Gasteiger partial charge in [-0.1, -0.05) is 24.3 Å². The van der Waals surface area contributed by atoms with E-state index in [-0.39, 0.29) is 12.5 Å². The van der Waals surface area contributed by atoms with Gasteiger partial charge in [0.15, 0.2) is 18.1 Å². The van der Waals surface area contributed by atoms with Crippen molar-refractivity contribution in [2.24, 2.45) is 0 Å². The van der Waals surface area contributed by atoms with Gasteiger partial charge in [0.1, 0.15) is 13.2 Å². The first-order valence-corrected chi connectivity index (χ1v) is 10.0. The molecule has 1 saturated heterocycles. The Hall–Kier alpha value is -3.48. The summed E-state index contributed by atoms with van der Waals surface area (Å²) in [6.07, 6.45) is 2.94. The van der Waals surface area contributed by atoms with Crippen molar-refractivity contribution in [3.8, 4) is 11.5 Å². The Morgan fingerprint density at radius 1 is 0.933 bits per heavy atom. The molecule has 2 heterocycles. The molecule has 1 amide bonds. The maximum atomic E-state index is 12.4. The average molecular weight is 408 g/mol. The Labute approximate surface area is 175 Å². The fraction of sp³-hybridized carbons (Fsp3) is 0.304. The molecule has 0 spiro atoms. The zero-order chi connectivity index (χ0) is 20.8. The quantitative estimate of drug-likeness (QED) is 0.559. The van der Waals surface area contributed by atoms with Crippen molar-refractivity contribution < 1.29 is 23.8 Å². The first-order valence-electron chi connectivity index (χ1n) is 10.0. The lowest BCUT2D eigenvalue weighted by atomic mass is 10.2. The second-order valence-corrected chi connectivity index (χ2v) is 7.05. The molecular formula is C23H24N2O5.